The van der Waals surface area contributed by atoms with Crippen LogP contribution in [0.25, 0.3) is 0 Å². The number of carbonyl (C=O) groups is 2. The molecule has 1 fully saturated rings. The SMILES string of the molecule is CCNC1COCC1C(=O)Nc1cnn(CC(=O)NC)c1. The summed E-state index contributed by atoms with van der Waals surface area (Å²) in [7, 11) is 1.56. The smallest absolute Gasteiger partial charge is 0.241 e. The Morgan fingerprint density at radius 2 is 2.29 bits per heavy atom. The molecule has 1 aliphatic heterocycles. The minimum absolute atomic E-state index is 0.0379. The van der Waals surface area contributed by atoms with Gasteiger partial charge in [0.15, 0.2) is 0 Å². The molecule has 1 aliphatic rings. The second-order valence-corrected chi connectivity index (χ2v) is 4.90. The Hall–Kier alpha value is -1.93. The maximum absolute atomic E-state index is 12.2. The van der Waals surface area contributed by atoms with Crippen LogP contribution in [0.3, 0.4) is 0 Å². The van der Waals surface area contributed by atoms with Gasteiger partial charge < -0.3 is 20.7 Å². The molecule has 2 amide bonds. The molecule has 8 heteroatoms. The molecule has 0 bridgehead atoms. The molecule has 116 valence electrons. The molecule has 0 aromatic carbocycles. The van der Waals surface area contributed by atoms with Crippen LogP contribution in [-0.4, -0.2) is 54.4 Å². The van der Waals surface area contributed by atoms with Crippen LogP contribution in [-0.2, 0) is 20.9 Å². The molecule has 2 unspecified atom stereocenters. The first kappa shape index (κ1) is 15.5. The molecular formula is C13H21N5O3. The van der Waals surface area contributed by atoms with E-state index in [4.69, 9.17) is 4.74 Å². The molecule has 2 atom stereocenters. The number of rotatable bonds is 6. The molecule has 0 aliphatic carbocycles. The van der Waals surface area contributed by atoms with Gasteiger partial charge in [-0.15, -0.1) is 0 Å². The van der Waals surface area contributed by atoms with E-state index in [0.717, 1.165) is 6.54 Å². The number of ether oxygens (including phenoxy) is 1. The highest BCUT2D eigenvalue weighted by molar-refractivity contribution is 5.93. The van der Waals surface area contributed by atoms with Gasteiger partial charge >= 0.3 is 0 Å². The Labute approximate surface area is 123 Å². The minimum atomic E-state index is -0.216. The van der Waals surface area contributed by atoms with Crippen LogP contribution >= 0.6 is 0 Å². The molecule has 8 nitrogen and oxygen atoms in total. The molecule has 3 N–H and O–H groups in total. The van der Waals surface area contributed by atoms with E-state index >= 15 is 0 Å². The maximum atomic E-state index is 12.2. The normalized spacial score (nSPS) is 21.2. The lowest BCUT2D eigenvalue weighted by Crippen LogP contribution is -2.41. The van der Waals surface area contributed by atoms with Crippen molar-refractivity contribution in [2.45, 2.75) is 19.5 Å². The van der Waals surface area contributed by atoms with Crippen LogP contribution in [0.4, 0.5) is 5.69 Å². The van der Waals surface area contributed by atoms with Gasteiger partial charge in [0, 0.05) is 19.3 Å². The Balaban J connectivity index is 1.92. The lowest BCUT2D eigenvalue weighted by molar-refractivity contribution is -0.121. The highest BCUT2D eigenvalue weighted by Gasteiger charge is 2.33. The first-order chi connectivity index (χ1) is 10.1. The van der Waals surface area contributed by atoms with Crippen molar-refractivity contribution in [1.29, 1.82) is 0 Å². The number of hydrogen-bond donors (Lipinski definition) is 3. The number of nitrogens with zero attached hydrogens (tertiary/aromatic N) is 2. The summed E-state index contributed by atoms with van der Waals surface area (Å²) in [4.78, 5) is 23.5. The first-order valence-electron chi connectivity index (χ1n) is 6.99. The molecule has 2 heterocycles. The molecule has 0 radical (unpaired) electrons. The van der Waals surface area contributed by atoms with Gasteiger partial charge in [0.25, 0.3) is 0 Å². The van der Waals surface area contributed by atoms with Crippen molar-refractivity contribution >= 4 is 17.5 Å². The van der Waals surface area contributed by atoms with Crippen molar-refractivity contribution in [1.82, 2.24) is 20.4 Å². The maximum Gasteiger partial charge on any atom is 0.241 e. The van der Waals surface area contributed by atoms with Crippen LogP contribution < -0.4 is 16.0 Å². The van der Waals surface area contributed by atoms with Crippen LogP contribution in [0.15, 0.2) is 12.4 Å². The van der Waals surface area contributed by atoms with Gasteiger partial charge in [-0.3, -0.25) is 14.3 Å². The van der Waals surface area contributed by atoms with E-state index in [9.17, 15) is 9.59 Å². The lowest BCUT2D eigenvalue weighted by Gasteiger charge is -2.17. The first-order valence-corrected chi connectivity index (χ1v) is 6.99. The molecular weight excluding hydrogens is 274 g/mol. The van der Waals surface area contributed by atoms with Gasteiger partial charge in [-0.05, 0) is 6.54 Å². The zero-order valence-corrected chi connectivity index (χ0v) is 12.3. The van der Waals surface area contributed by atoms with Gasteiger partial charge in [0.2, 0.25) is 11.8 Å². The standard InChI is InChI=1S/C13H21N5O3/c1-3-15-11-8-21-7-10(11)13(20)17-9-4-16-18(5-9)6-12(19)14-2/h4-5,10-11,15H,3,6-8H2,1-2H3,(H,14,19)(H,17,20). The molecule has 0 spiro atoms. The van der Waals surface area contributed by atoms with Crippen LogP contribution in [0.5, 0.6) is 0 Å². The Morgan fingerprint density at radius 3 is 3.00 bits per heavy atom. The van der Waals surface area contributed by atoms with Crippen LogP contribution in [0.1, 0.15) is 6.92 Å². The van der Waals surface area contributed by atoms with E-state index in [2.05, 4.69) is 21.0 Å². The average Bonchev–Trinajstić information content (AvgIpc) is 3.08. The van der Waals surface area contributed by atoms with E-state index in [0.29, 0.717) is 18.9 Å². The highest BCUT2D eigenvalue weighted by atomic mass is 16.5. The van der Waals surface area contributed by atoms with E-state index in [1.165, 1.54) is 10.9 Å². The number of anilines is 1. The Kier molecular flexibility index (Phi) is 5.29. The highest BCUT2D eigenvalue weighted by Crippen LogP contribution is 2.16. The summed E-state index contributed by atoms with van der Waals surface area (Å²) in [5.74, 6) is -0.461. The topological polar surface area (TPSA) is 97.3 Å². The predicted molar refractivity (Wildman–Crippen MR) is 76.7 cm³/mol. The van der Waals surface area contributed by atoms with Gasteiger partial charge in [0.1, 0.15) is 6.54 Å². The van der Waals surface area contributed by atoms with E-state index in [1.54, 1.807) is 13.2 Å². The summed E-state index contributed by atoms with van der Waals surface area (Å²) in [6.45, 7) is 3.87. The zero-order valence-electron chi connectivity index (χ0n) is 12.3. The third-order valence-corrected chi connectivity index (χ3v) is 3.37. The fourth-order valence-corrected chi connectivity index (χ4v) is 2.25. The summed E-state index contributed by atoms with van der Waals surface area (Å²) < 4.78 is 6.83. The van der Waals surface area contributed by atoms with Crippen molar-refractivity contribution < 1.29 is 14.3 Å². The molecule has 1 aromatic rings. The predicted octanol–water partition coefficient (Wildman–Crippen LogP) is -0.808. The van der Waals surface area contributed by atoms with Gasteiger partial charge in [-0.1, -0.05) is 6.92 Å². The largest absolute Gasteiger partial charge is 0.379 e. The quantitative estimate of drug-likeness (QED) is 0.638. The number of hydrogen-bond acceptors (Lipinski definition) is 5. The van der Waals surface area contributed by atoms with E-state index in [-0.39, 0.29) is 30.3 Å². The monoisotopic (exact) mass is 295 g/mol. The Bertz CT molecular complexity index is 502. The van der Waals surface area contributed by atoms with Crippen molar-refractivity contribution in [2.75, 3.05) is 32.1 Å². The van der Waals surface area contributed by atoms with Gasteiger partial charge in [0.05, 0.1) is 31.0 Å². The summed E-state index contributed by atoms with van der Waals surface area (Å²) >= 11 is 0. The second-order valence-electron chi connectivity index (χ2n) is 4.90. The number of carbonyl (C=O) groups excluding carboxylic acids is 2. The van der Waals surface area contributed by atoms with Crippen molar-refractivity contribution in [3.05, 3.63) is 12.4 Å². The molecule has 0 saturated carbocycles. The molecule has 1 aromatic heterocycles. The minimum Gasteiger partial charge on any atom is -0.379 e. The van der Waals surface area contributed by atoms with Gasteiger partial charge in [-0.25, -0.2) is 0 Å². The summed E-state index contributed by atoms with van der Waals surface area (Å²) in [5, 5.41) is 12.6. The Morgan fingerprint density at radius 1 is 1.48 bits per heavy atom. The zero-order chi connectivity index (χ0) is 15.2. The van der Waals surface area contributed by atoms with Crippen molar-refractivity contribution in [3.8, 4) is 0 Å². The van der Waals surface area contributed by atoms with E-state index in [1.807, 2.05) is 6.92 Å². The fraction of sp³-hybridized carbons (Fsp3) is 0.615. The van der Waals surface area contributed by atoms with Crippen LogP contribution in [0.2, 0.25) is 0 Å². The third kappa shape index (κ3) is 4.02. The van der Waals surface area contributed by atoms with Crippen molar-refractivity contribution in [3.63, 3.8) is 0 Å². The molecule has 2 rings (SSSR count). The summed E-state index contributed by atoms with van der Waals surface area (Å²) in [6.07, 6.45) is 3.16. The average molecular weight is 295 g/mol. The lowest BCUT2D eigenvalue weighted by atomic mass is 10.0. The summed E-state index contributed by atoms with van der Waals surface area (Å²) in [5.41, 5.74) is 0.575. The molecule has 21 heavy (non-hydrogen) atoms. The van der Waals surface area contributed by atoms with Gasteiger partial charge in [-0.2, -0.15) is 5.10 Å². The number of amides is 2. The molecule has 1 saturated heterocycles. The van der Waals surface area contributed by atoms with Crippen LogP contribution in [0, 0.1) is 5.92 Å². The summed E-state index contributed by atoms with van der Waals surface area (Å²) in [6, 6.07) is 0.0379. The third-order valence-electron chi connectivity index (χ3n) is 3.37. The fourth-order valence-electron chi connectivity index (χ4n) is 2.25. The second kappa shape index (κ2) is 7.19. The van der Waals surface area contributed by atoms with E-state index < -0.39 is 0 Å². The number of likely N-dealkylation sites (N-methyl/N-ethyl adjacent to an activating group) is 2. The number of aromatic nitrogens is 2. The number of nitrogens with one attached hydrogen (secondary N) is 3. The van der Waals surface area contributed by atoms with Crippen molar-refractivity contribution in [2.24, 2.45) is 5.92 Å².